The van der Waals surface area contributed by atoms with Gasteiger partial charge in [0.25, 0.3) is 5.91 Å². The lowest BCUT2D eigenvalue weighted by molar-refractivity contribution is 0.0722. The van der Waals surface area contributed by atoms with E-state index in [0.29, 0.717) is 11.4 Å². The zero-order valence-corrected chi connectivity index (χ0v) is 14.2. The maximum atomic E-state index is 13.3. The Bertz CT molecular complexity index is 700. The Morgan fingerprint density at radius 3 is 2.87 bits per heavy atom. The molecule has 0 saturated carbocycles. The Balaban J connectivity index is 2.13. The number of amides is 1. The Morgan fingerprint density at radius 2 is 2.22 bits per heavy atom. The molecule has 2 aromatic rings. The monoisotopic (exact) mass is 337 g/mol. The number of aromatic nitrogens is 2. The van der Waals surface area contributed by atoms with E-state index >= 15 is 0 Å². The number of nitrogens with one attached hydrogen (secondary N) is 1. The van der Waals surface area contributed by atoms with E-state index in [1.807, 2.05) is 6.26 Å². The molecule has 1 aromatic heterocycles. The van der Waals surface area contributed by atoms with Crippen LogP contribution in [0.15, 0.2) is 30.3 Å². The molecule has 124 valence electrons. The largest absolute Gasteiger partial charge is 0.387 e. The molecule has 1 atom stereocenters. The molecule has 0 aliphatic carbocycles. The summed E-state index contributed by atoms with van der Waals surface area (Å²) in [6.07, 6.45) is 1.89. The fourth-order valence-electron chi connectivity index (χ4n) is 2.18. The van der Waals surface area contributed by atoms with E-state index < -0.39 is 5.60 Å². The minimum atomic E-state index is -0.977. The highest BCUT2D eigenvalue weighted by Crippen LogP contribution is 2.14. The normalized spacial score (nSPS) is 13.6. The van der Waals surface area contributed by atoms with Gasteiger partial charge in [0.05, 0.1) is 11.3 Å². The van der Waals surface area contributed by atoms with Gasteiger partial charge in [-0.1, -0.05) is 6.07 Å². The van der Waals surface area contributed by atoms with Crippen molar-refractivity contribution in [3.05, 3.63) is 47.5 Å². The summed E-state index contributed by atoms with van der Waals surface area (Å²) in [5, 5.41) is 17.0. The number of hydrogen-bond acceptors (Lipinski definition) is 4. The molecule has 0 spiro atoms. The molecular formula is C16H20FN3O2S. The Labute approximate surface area is 138 Å². The number of halogens is 1. The predicted octanol–water partition coefficient (Wildman–Crippen LogP) is 2.16. The third-order valence-electron chi connectivity index (χ3n) is 3.26. The van der Waals surface area contributed by atoms with Crippen molar-refractivity contribution in [3.63, 3.8) is 0 Å². The molecule has 7 heteroatoms. The lowest BCUT2D eigenvalue weighted by Crippen LogP contribution is -2.42. The van der Waals surface area contributed by atoms with E-state index in [4.69, 9.17) is 0 Å². The summed E-state index contributed by atoms with van der Waals surface area (Å²) in [6.45, 7) is 3.59. The number of aliphatic hydroxyl groups is 1. The average molecular weight is 337 g/mol. The van der Waals surface area contributed by atoms with Crippen LogP contribution in [0.2, 0.25) is 0 Å². The summed E-state index contributed by atoms with van der Waals surface area (Å²) in [5.41, 5.74) is 0.522. The second kappa shape index (κ2) is 7.14. The van der Waals surface area contributed by atoms with Crippen molar-refractivity contribution in [1.82, 2.24) is 15.1 Å². The molecule has 1 aromatic carbocycles. The van der Waals surface area contributed by atoms with E-state index in [0.717, 1.165) is 5.69 Å². The zero-order valence-electron chi connectivity index (χ0n) is 13.3. The van der Waals surface area contributed by atoms with Crippen LogP contribution in [0.1, 0.15) is 23.1 Å². The minimum Gasteiger partial charge on any atom is -0.387 e. The van der Waals surface area contributed by atoms with Gasteiger partial charge in [-0.25, -0.2) is 9.07 Å². The lowest BCUT2D eigenvalue weighted by atomic mass is 10.1. The van der Waals surface area contributed by atoms with Crippen LogP contribution in [0.5, 0.6) is 0 Å². The number of nitrogens with zero attached hydrogens (tertiary/aromatic N) is 2. The van der Waals surface area contributed by atoms with Crippen LogP contribution in [0.4, 0.5) is 4.39 Å². The molecule has 5 nitrogen and oxygen atoms in total. The number of hydrogen-bond donors (Lipinski definition) is 2. The average Bonchev–Trinajstić information content (AvgIpc) is 2.87. The van der Waals surface area contributed by atoms with Crippen LogP contribution in [0.3, 0.4) is 0 Å². The highest BCUT2D eigenvalue weighted by atomic mass is 32.2. The topological polar surface area (TPSA) is 67.2 Å². The van der Waals surface area contributed by atoms with Gasteiger partial charge >= 0.3 is 0 Å². The number of carbonyl (C=O) groups is 1. The van der Waals surface area contributed by atoms with Crippen molar-refractivity contribution in [2.45, 2.75) is 19.4 Å². The molecule has 0 fully saturated rings. The van der Waals surface area contributed by atoms with Crippen molar-refractivity contribution in [1.29, 1.82) is 0 Å². The second-order valence-electron chi connectivity index (χ2n) is 5.68. The van der Waals surface area contributed by atoms with Crippen LogP contribution < -0.4 is 5.32 Å². The van der Waals surface area contributed by atoms with Crippen molar-refractivity contribution >= 4 is 17.7 Å². The molecule has 0 aliphatic rings. The van der Waals surface area contributed by atoms with Gasteiger partial charge < -0.3 is 10.4 Å². The van der Waals surface area contributed by atoms with Gasteiger partial charge in [0.2, 0.25) is 0 Å². The molecule has 1 heterocycles. The first-order valence-corrected chi connectivity index (χ1v) is 8.54. The molecule has 0 bridgehead atoms. The first kappa shape index (κ1) is 17.5. The number of carbonyl (C=O) groups excluding carboxylic acids is 1. The Hall–Kier alpha value is -1.86. The molecule has 2 rings (SSSR count). The van der Waals surface area contributed by atoms with Crippen molar-refractivity contribution in [2.75, 3.05) is 18.6 Å². The maximum absolute atomic E-state index is 13.3. The van der Waals surface area contributed by atoms with Crippen LogP contribution in [-0.2, 0) is 0 Å². The smallest absolute Gasteiger partial charge is 0.271 e. The van der Waals surface area contributed by atoms with Gasteiger partial charge in [-0.3, -0.25) is 4.79 Å². The molecule has 1 unspecified atom stereocenters. The molecule has 0 saturated heterocycles. The highest BCUT2D eigenvalue weighted by Gasteiger charge is 2.22. The molecule has 23 heavy (non-hydrogen) atoms. The second-order valence-corrected chi connectivity index (χ2v) is 6.54. The fourth-order valence-corrected chi connectivity index (χ4v) is 2.90. The highest BCUT2D eigenvalue weighted by molar-refractivity contribution is 7.98. The summed E-state index contributed by atoms with van der Waals surface area (Å²) in [6, 6.07) is 7.64. The first-order valence-electron chi connectivity index (χ1n) is 7.14. The summed E-state index contributed by atoms with van der Waals surface area (Å²) < 4.78 is 14.8. The van der Waals surface area contributed by atoms with E-state index in [2.05, 4.69) is 10.4 Å². The summed E-state index contributed by atoms with van der Waals surface area (Å²) >= 11 is 1.50. The molecule has 1 amide bonds. The Kier molecular flexibility index (Phi) is 5.43. The third-order valence-corrected chi connectivity index (χ3v) is 4.17. The molecule has 2 N–H and O–H groups in total. The summed E-state index contributed by atoms with van der Waals surface area (Å²) in [7, 11) is 0. The van der Waals surface area contributed by atoms with Crippen LogP contribution >= 0.6 is 11.8 Å². The van der Waals surface area contributed by atoms with Crippen LogP contribution in [0, 0.1) is 12.7 Å². The Morgan fingerprint density at radius 1 is 1.48 bits per heavy atom. The lowest BCUT2D eigenvalue weighted by Gasteiger charge is -2.22. The third kappa shape index (κ3) is 4.56. The van der Waals surface area contributed by atoms with Gasteiger partial charge in [-0.05, 0) is 44.4 Å². The first-order chi connectivity index (χ1) is 10.8. The van der Waals surface area contributed by atoms with E-state index in [1.165, 1.54) is 28.6 Å². The summed E-state index contributed by atoms with van der Waals surface area (Å²) in [5.74, 6) is -0.217. The van der Waals surface area contributed by atoms with Gasteiger partial charge in [0.15, 0.2) is 5.69 Å². The standard InChI is InChI=1S/C16H20FN3O2S/c1-11-7-14(15(21)18-9-16(2,22)10-23-3)19-20(11)13-6-4-5-12(17)8-13/h4-8,22H,9-10H2,1-3H3,(H,18,21). The van der Waals surface area contributed by atoms with E-state index in [1.54, 1.807) is 32.0 Å². The van der Waals surface area contributed by atoms with Crippen molar-refractivity contribution < 1.29 is 14.3 Å². The van der Waals surface area contributed by atoms with E-state index in [9.17, 15) is 14.3 Å². The SMILES string of the molecule is CSCC(C)(O)CNC(=O)c1cc(C)n(-c2cccc(F)c2)n1. The van der Waals surface area contributed by atoms with Gasteiger partial charge in [-0.15, -0.1) is 0 Å². The van der Waals surface area contributed by atoms with Gasteiger partial charge in [-0.2, -0.15) is 16.9 Å². The summed E-state index contributed by atoms with van der Waals surface area (Å²) in [4.78, 5) is 12.2. The maximum Gasteiger partial charge on any atom is 0.271 e. The fraction of sp³-hybridized carbons (Fsp3) is 0.375. The number of rotatable bonds is 6. The number of benzene rings is 1. The number of thioether (sulfide) groups is 1. The quantitative estimate of drug-likeness (QED) is 0.848. The predicted molar refractivity (Wildman–Crippen MR) is 89.6 cm³/mol. The van der Waals surface area contributed by atoms with Crippen LogP contribution in [0.25, 0.3) is 5.69 Å². The van der Waals surface area contributed by atoms with Crippen molar-refractivity contribution in [3.8, 4) is 5.69 Å². The molecular weight excluding hydrogens is 317 g/mol. The number of aryl methyl sites for hydroxylation is 1. The van der Waals surface area contributed by atoms with Gasteiger partial charge in [0.1, 0.15) is 5.82 Å². The van der Waals surface area contributed by atoms with Gasteiger partial charge in [0, 0.05) is 18.0 Å². The van der Waals surface area contributed by atoms with Crippen molar-refractivity contribution in [2.24, 2.45) is 0 Å². The minimum absolute atomic E-state index is 0.137. The molecule has 0 aliphatic heterocycles. The molecule has 0 radical (unpaired) electrons. The van der Waals surface area contributed by atoms with Crippen LogP contribution in [-0.4, -0.2) is 44.9 Å². The zero-order chi connectivity index (χ0) is 17.0. The van der Waals surface area contributed by atoms with E-state index in [-0.39, 0.29) is 24.0 Å².